The maximum Gasteiger partial charge on any atom is 0.0951 e. The molecule has 0 amide bonds. The molecule has 17 heavy (non-hydrogen) atoms. The van der Waals surface area contributed by atoms with Crippen LogP contribution in [0.4, 0.5) is 0 Å². The maximum atomic E-state index is 6.19. The van der Waals surface area contributed by atoms with Crippen LogP contribution in [0.5, 0.6) is 0 Å². The van der Waals surface area contributed by atoms with E-state index >= 15 is 0 Å². The summed E-state index contributed by atoms with van der Waals surface area (Å²) in [7, 11) is 0. The highest BCUT2D eigenvalue weighted by Gasteiger charge is 2.20. The molecule has 0 unspecified atom stereocenters. The summed E-state index contributed by atoms with van der Waals surface area (Å²) in [5.41, 5.74) is 7.10. The largest absolute Gasteiger partial charge is 0.373 e. The molecule has 0 aromatic carbocycles. The standard InChI is InChI=1S/C13H25N3O/c1-5-13(14,6-2)9-17-8-12-7-15-10-16(12)11(3)4/h7,10-11H,5-6,8-9,14H2,1-4H3. The van der Waals surface area contributed by atoms with Gasteiger partial charge in [-0.3, -0.25) is 0 Å². The van der Waals surface area contributed by atoms with Crippen LogP contribution in [-0.2, 0) is 11.3 Å². The fraction of sp³-hybridized carbons (Fsp3) is 0.769. The SMILES string of the molecule is CCC(N)(CC)COCc1cncn1C(C)C. The third-order valence-electron chi connectivity index (χ3n) is 3.35. The summed E-state index contributed by atoms with van der Waals surface area (Å²) < 4.78 is 7.85. The predicted octanol–water partition coefficient (Wildman–Crippen LogP) is 2.50. The molecular formula is C13H25N3O. The topological polar surface area (TPSA) is 53.1 Å². The quantitative estimate of drug-likeness (QED) is 0.795. The second-order valence-electron chi connectivity index (χ2n) is 4.95. The molecule has 4 heteroatoms. The van der Waals surface area contributed by atoms with Crippen molar-refractivity contribution < 1.29 is 4.74 Å². The van der Waals surface area contributed by atoms with Crippen LogP contribution in [0.15, 0.2) is 12.5 Å². The normalized spacial score (nSPS) is 12.4. The Morgan fingerprint density at radius 1 is 1.41 bits per heavy atom. The molecule has 1 rings (SSSR count). The Kier molecular flexibility index (Phi) is 5.15. The lowest BCUT2D eigenvalue weighted by atomic mass is 9.96. The molecule has 0 fully saturated rings. The summed E-state index contributed by atoms with van der Waals surface area (Å²) in [4.78, 5) is 4.15. The van der Waals surface area contributed by atoms with E-state index in [0.717, 1.165) is 18.5 Å². The lowest BCUT2D eigenvalue weighted by Gasteiger charge is -2.26. The van der Waals surface area contributed by atoms with Gasteiger partial charge in [-0.05, 0) is 26.7 Å². The number of aromatic nitrogens is 2. The van der Waals surface area contributed by atoms with Gasteiger partial charge < -0.3 is 15.0 Å². The van der Waals surface area contributed by atoms with Crippen LogP contribution in [0.3, 0.4) is 0 Å². The Hall–Kier alpha value is -0.870. The Morgan fingerprint density at radius 3 is 2.59 bits per heavy atom. The van der Waals surface area contributed by atoms with Gasteiger partial charge in [0.1, 0.15) is 0 Å². The highest BCUT2D eigenvalue weighted by molar-refractivity contribution is 4.98. The van der Waals surface area contributed by atoms with Crippen LogP contribution in [0.25, 0.3) is 0 Å². The van der Waals surface area contributed by atoms with Gasteiger partial charge in [-0.25, -0.2) is 4.98 Å². The first-order valence-electron chi connectivity index (χ1n) is 6.39. The second kappa shape index (κ2) is 6.17. The van der Waals surface area contributed by atoms with Crippen molar-refractivity contribution in [3.63, 3.8) is 0 Å². The fourth-order valence-corrected chi connectivity index (χ4v) is 1.72. The van der Waals surface area contributed by atoms with E-state index in [4.69, 9.17) is 10.5 Å². The minimum Gasteiger partial charge on any atom is -0.373 e. The van der Waals surface area contributed by atoms with Crippen LogP contribution in [0.2, 0.25) is 0 Å². The zero-order valence-corrected chi connectivity index (χ0v) is 11.4. The first kappa shape index (κ1) is 14.2. The smallest absolute Gasteiger partial charge is 0.0951 e. The predicted molar refractivity (Wildman–Crippen MR) is 69.8 cm³/mol. The van der Waals surface area contributed by atoms with Crippen LogP contribution in [0.1, 0.15) is 52.3 Å². The van der Waals surface area contributed by atoms with E-state index in [1.165, 1.54) is 0 Å². The number of hydrogen-bond acceptors (Lipinski definition) is 3. The van der Waals surface area contributed by atoms with Gasteiger partial charge in [0.05, 0.1) is 31.4 Å². The Morgan fingerprint density at radius 2 is 2.06 bits per heavy atom. The van der Waals surface area contributed by atoms with Crippen molar-refractivity contribution in [3.05, 3.63) is 18.2 Å². The molecule has 0 aliphatic rings. The molecule has 0 radical (unpaired) electrons. The molecule has 0 aliphatic carbocycles. The molecule has 0 atom stereocenters. The van der Waals surface area contributed by atoms with E-state index in [2.05, 4.69) is 37.2 Å². The first-order chi connectivity index (χ1) is 8.02. The summed E-state index contributed by atoms with van der Waals surface area (Å²) >= 11 is 0. The molecule has 0 spiro atoms. The molecule has 1 heterocycles. The summed E-state index contributed by atoms with van der Waals surface area (Å²) in [6.45, 7) is 9.66. The molecular weight excluding hydrogens is 214 g/mol. The van der Waals surface area contributed by atoms with E-state index in [1.807, 2.05) is 12.5 Å². The van der Waals surface area contributed by atoms with Crippen molar-refractivity contribution in [2.24, 2.45) is 5.73 Å². The molecule has 0 bridgehead atoms. The zero-order chi connectivity index (χ0) is 12.9. The van der Waals surface area contributed by atoms with Gasteiger partial charge in [-0.1, -0.05) is 13.8 Å². The monoisotopic (exact) mass is 239 g/mol. The van der Waals surface area contributed by atoms with E-state index in [9.17, 15) is 0 Å². The molecule has 4 nitrogen and oxygen atoms in total. The minimum atomic E-state index is -0.192. The van der Waals surface area contributed by atoms with Crippen molar-refractivity contribution in [3.8, 4) is 0 Å². The van der Waals surface area contributed by atoms with Crippen molar-refractivity contribution in [1.29, 1.82) is 0 Å². The van der Waals surface area contributed by atoms with Gasteiger partial charge in [-0.15, -0.1) is 0 Å². The number of rotatable bonds is 7. The van der Waals surface area contributed by atoms with Gasteiger partial charge in [0.2, 0.25) is 0 Å². The third kappa shape index (κ3) is 3.82. The molecule has 0 aliphatic heterocycles. The maximum absolute atomic E-state index is 6.19. The highest BCUT2D eigenvalue weighted by Crippen LogP contribution is 2.14. The van der Waals surface area contributed by atoms with E-state index in [0.29, 0.717) is 19.3 Å². The zero-order valence-electron chi connectivity index (χ0n) is 11.4. The molecule has 98 valence electrons. The van der Waals surface area contributed by atoms with Gasteiger partial charge in [-0.2, -0.15) is 0 Å². The second-order valence-corrected chi connectivity index (χ2v) is 4.95. The molecule has 0 saturated heterocycles. The third-order valence-corrected chi connectivity index (χ3v) is 3.35. The van der Waals surface area contributed by atoms with Gasteiger partial charge >= 0.3 is 0 Å². The molecule has 1 aromatic rings. The Labute approximate surface area is 104 Å². The summed E-state index contributed by atoms with van der Waals surface area (Å²) in [5, 5.41) is 0. The van der Waals surface area contributed by atoms with Crippen LogP contribution >= 0.6 is 0 Å². The van der Waals surface area contributed by atoms with Crippen LogP contribution in [-0.4, -0.2) is 21.7 Å². The lowest BCUT2D eigenvalue weighted by Crippen LogP contribution is -2.43. The Balaban J connectivity index is 2.48. The Bertz CT molecular complexity index is 329. The number of ether oxygens (including phenoxy) is 1. The minimum absolute atomic E-state index is 0.192. The summed E-state index contributed by atoms with van der Waals surface area (Å²) in [6.07, 6.45) is 5.58. The number of nitrogens with two attached hydrogens (primary N) is 1. The van der Waals surface area contributed by atoms with Gasteiger partial charge in [0, 0.05) is 11.6 Å². The highest BCUT2D eigenvalue weighted by atomic mass is 16.5. The van der Waals surface area contributed by atoms with E-state index in [-0.39, 0.29) is 5.54 Å². The van der Waals surface area contributed by atoms with Gasteiger partial charge in [0.15, 0.2) is 0 Å². The number of imidazole rings is 1. The molecule has 0 saturated carbocycles. The van der Waals surface area contributed by atoms with E-state index < -0.39 is 0 Å². The molecule has 2 N–H and O–H groups in total. The summed E-state index contributed by atoms with van der Waals surface area (Å²) in [6, 6.07) is 0.413. The first-order valence-corrected chi connectivity index (χ1v) is 6.39. The fourth-order valence-electron chi connectivity index (χ4n) is 1.72. The number of hydrogen-bond donors (Lipinski definition) is 1. The average Bonchev–Trinajstić information content (AvgIpc) is 2.77. The summed E-state index contributed by atoms with van der Waals surface area (Å²) in [5.74, 6) is 0. The van der Waals surface area contributed by atoms with E-state index in [1.54, 1.807) is 0 Å². The van der Waals surface area contributed by atoms with Crippen molar-refractivity contribution in [1.82, 2.24) is 9.55 Å². The van der Waals surface area contributed by atoms with Crippen molar-refractivity contribution in [2.75, 3.05) is 6.61 Å². The van der Waals surface area contributed by atoms with Crippen LogP contribution in [0, 0.1) is 0 Å². The average molecular weight is 239 g/mol. The number of nitrogens with zero attached hydrogens (tertiary/aromatic N) is 2. The lowest BCUT2D eigenvalue weighted by molar-refractivity contribution is 0.0657. The molecule has 1 aromatic heterocycles. The van der Waals surface area contributed by atoms with Crippen LogP contribution < -0.4 is 5.73 Å². The van der Waals surface area contributed by atoms with Crippen molar-refractivity contribution in [2.45, 2.75) is 58.7 Å². The van der Waals surface area contributed by atoms with Gasteiger partial charge in [0.25, 0.3) is 0 Å². The van der Waals surface area contributed by atoms with Crippen molar-refractivity contribution >= 4 is 0 Å².